The Kier molecular flexibility index (Phi) is 3.64. The number of ether oxygens (including phenoxy) is 1. The van der Waals surface area contributed by atoms with Gasteiger partial charge in [-0.2, -0.15) is 5.26 Å². The van der Waals surface area contributed by atoms with Crippen LogP contribution >= 0.6 is 0 Å². The Balaban J connectivity index is 1.67. The summed E-state index contributed by atoms with van der Waals surface area (Å²) >= 11 is 0. The summed E-state index contributed by atoms with van der Waals surface area (Å²) in [6.45, 7) is 0. The van der Waals surface area contributed by atoms with Crippen LogP contribution in [0.2, 0.25) is 0 Å². The Labute approximate surface area is 144 Å². The van der Waals surface area contributed by atoms with Crippen LogP contribution in [0.4, 0.5) is 0 Å². The lowest BCUT2D eigenvalue weighted by Crippen LogP contribution is -2.08. The summed E-state index contributed by atoms with van der Waals surface area (Å²) in [4.78, 5) is 12.4. The first-order valence-corrected chi connectivity index (χ1v) is 7.88. The van der Waals surface area contributed by atoms with E-state index in [0.717, 1.165) is 16.2 Å². The minimum Gasteiger partial charge on any atom is -0.423 e. The number of rotatable bonds is 2. The van der Waals surface area contributed by atoms with Gasteiger partial charge in [0.05, 0.1) is 17.2 Å². The largest absolute Gasteiger partial charge is 0.423 e. The molecule has 0 aromatic heterocycles. The Bertz CT molecular complexity index is 1140. The summed E-state index contributed by atoms with van der Waals surface area (Å²) in [5, 5.41) is 13.2. The number of nitriles is 1. The van der Waals surface area contributed by atoms with E-state index in [4.69, 9.17) is 10.00 Å². The van der Waals surface area contributed by atoms with Crippen molar-refractivity contribution in [1.29, 1.82) is 5.26 Å². The molecule has 0 atom stereocenters. The highest BCUT2D eigenvalue weighted by molar-refractivity contribution is 6.09. The van der Waals surface area contributed by atoms with Gasteiger partial charge < -0.3 is 4.74 Å². The smallest absolute Gasteiger partial charge is 0.343 e. The number of esters is 1. The molecule has 4 aromatic rings. The molecule has 3 nitrogen and oxygen atoms in total. The normalized spacial score (nSPS) is 10.5. The van der Waals surface area contributed by atoms with E-state index in [9.17, 15) is 4.79 Å². The molecule has 0 saturated carbocycles. The predicted octanol–water partition coefficient (Wildman–Crippen LogP) is 5.08. The van der Waals surface area contributed by atoms with Gasteiger partial charge in [-0.05, 0) is 57.9 Å². The Hall–Kier alpha value is -3.64. The summed E-state index contributed by atoms with van der Waals surface area (Å²) < 4.78 is 5.39. The van der Waals surface area contributed by atoms with Gasteiger partial charge in [0.15, 0.2) is 0 Å². The van der Waals surface area contributed by atoms with Crippen LogP contribution in [0.1, 0.15) is 15.9 Å². The van der Waals surface area contributed by atoms with E-state index in [1.807, 2.05) is 42.5 Å². The van der Waals surface area contributed by atoms with Gasteiger partial charge in [-0.15, -0.1) is 0 Å². The molecule has 0 radical (unpaired) electrons. The minimum atomic E-state index is -0.417. The molecule has 0 spiro atoms. The molecule has 4 aromatic carbocycles. The van der Waals surface area contributed by atoms with Crippen molar-refractivity contribution >= 4 is 27.5 Å². The van der Waals surface area contributed by atoms with Crippen molar-refractivity contribution < 1.29 is 9.53 Å². The molecule has 0 bridgehead atoms. The zero-order valence-corrected chi connectivity index (χ0v) is 13.3. The molecule has 0 aliphatic carbocycles. The summed E-state index contributed by atoms with van der Waals surface area (Å²) in [5.41, 5.74) is 1.02. The second-order valence-corrected chi connectivity index (χ2v) is 5.75. The summed E-state index contributed by atoms with van der Waals surface area (Å²) in [6, 6.07) is 26.3. The average Bonchev–Trinajstić information content (AvgIpc) is 2.68. The maximum atomic E-state index is 12.4. The molecular formula is C22H13NO2. The first-order chi connectivity index (χ1) is 12.2. The highest BCUT2D eigenvalue weighted by Crippen LogP contribution is 2.26. The lowest BCUT2D eigenvalue weighted by molar-refractivity contribution is 0.0735. The standard InChI is InChI=1S/C22H13NO2/c23-14-15-5-10-19(11-6-15)25-22(24)18-9-12-21-17(13-18)8-7-16-3-1-2-4-20(16)21/h1-13H. The molecule has 0 fully saturated rings. The van der Waals surface area contributed by atoms with Gasteiger partial charge in [-0.3, -0.25) is 0 Å². The van der Waals surface area contributed by atoms with Crippen molar-refractivity contribution in [2.75, 3.05) is 0 Å². The Morgan fingerprint density at radius 1 is 0.800 bits per heavy atom. The number of hydrogen-bond acceptors (Lipinski definition) is 3. The first-order valence-electron chi connectivity index (χ1n) is 7.88. The van der Waals surface area contributed by atoms with Crippen molar-refractivity contribution in [2.45, 2.75) is 0 Å². The first kappa shape index (κ1) is 14.9. The van der Waals surface area contributed by atoms with Crippen molar-refractivity contribution in [1.82, 2.24) is 0 Å². The highest BCUT2D eigenvalue weighted by atomic mass is 16.5. The van der Waals surface area contributed by atoms with E-state index in [1.165, 1.54) is 5.39 Å². The third kappa shape index (κ3) is 2.82. The monoisotopic (exact) mass is 323 g/mol. The van der Waals surface area contributed by atoms with Gasteiger partial charge in [-0.1, -0.05) is 42.5 Å². The van der Waals surface area contributed by atoms with Crippen molar-refractivity contribution in [3.8, 4) is 11.8 Å². The number of nitrogens with zero attached hydrogens (tertiary/aromatic N) is 1. The van der Waals surface area contributed by atoms with Gasteiger partial charge in [0.1, 0.15) is 5.75 Å². The van der Waals surface area contributed by atoms with Crippen LogP contribution in [0.3, 0.4) is 0 Å². The predicted molar refractivity (Wildman–Crippen MR) is 97.6 cm³/mol. The van der Waals surface area contributed by atoms with Crippen LogP contribution in [0.15, 0.2) is 78.9 Å². The van der Waals surface area contributed by atoms with Crippen LogP contribution in [-0.2, 0) is 0 Å². The Morgan fingerprint density at radius 3 is 2.32 bits per heavy atom. The zero-order chi connectivity index (χ0) is 17.2. The fourth-order valence-electron chi connectivity index (χ4n) is 2.90. The van der Waals surface area contributed by atoms with Gasteiger partial charge in [0, 0.05) is 0 Å². The summed E-state index contributed by atoms with van der Waals surface area (Å²) in [6.07, 6.45) is 0. The molecule has 0 saturated heterocycles. The second kappa shape index (κ2) is 6.10. The Morgan fingerprint density at radius 2 is 1.52 bits per heavy atom. The number of carbonyl (C=O) groups excluding carboxylic acids is 1. The SMILES string of the molecule is N#Cc1ccc(OC(=O)c2ccc3c(ccc4ccccc43)c2)cc1. The van der Waals surface area contributed by atoms with Crippen LogP contribution in [0.25, 0.3) is 21.5 Å². The zero-order valence-electron chi connectivity index (χ0n) is 13.3. The van der Waals surface area contributed by atoms with Gasteiger partial charge >= 0.3 is 5.97 Å². The van der Waals surface area contributed by atoms with E-state index in [1.54, 1.807) is 30.3 Å². The number of carbonyl (C=O) groups is 1. The number of fused-ring (bicyclic) bond motifs is 3. The molecule has 0 N–H and O–H groups in total. The van der Waals surface area contributed by atoms with Crippen molar-refractivity contribution in [3.05, 3.63) is 90.0 Å². The lowest BCUT2D eigenvalue weighted by Gasteiger charge is -2.07. The van der Waals surface area contributed by atoms with Crippen LogP contribution < -0.4 is 4.74 Å². The topological polar surface area (TPSA) is 50.1 Å². The van der Waals surface area contributed by atoms with Gasteiger partial charge in [0.25, 0.3) is 0 Å². The molecule has 0 amide bonds. The fraction of sp³-hybridized carbons (Fsp3) is 0. The van der Waals surface area contributed by atoms with E-state index >= 15 is 0 Å². The average molecular weight is 323 g/mol. The molecule has 0 heterocycles. The molecule has 4 rings (SSSR count). The van der Waals surface area contributed by atoms with E-state index in [-0.39, 0.29) is 0 Å². The quantitative estimate of drug-likeness (QED) is 0.293. The molecular weight excluding hydrogens is 310 g/mol. The minimum absolute atomic E-state index is 0.417. The molecule has 118 valence electrons. The molecule has 3 heteroatoms. The summed E-state index contributed by atoms with van der Waals surface area (Å²) in [7, 11) is 0. The van der Waals surface area contributed by atoms with Gasteiger partial charge in [0.2, 0.25) is 0 Å². The van der Waals surface area contributed by atoms with E-state index in [0.29, 0.717) is 16.9 Å². The van der Waals surface area contributed by atoms with E-state index in [2.05, 4.69) is 12.1 Å². The maximum Gasteiger partial charge on any atom is 0.343 e. The molecule has 0 unspecified atom stereocenters. The highest BCUT2D eigenvalue weighted by Gasteiger charge is 2.10. The lowest BCUT2D eigenvalue weighted by atomic mass is 10.0. The van der Waals surface area contributed by atoms with Gasteiger partial charge in [-0.25, -0.2) is 4.79 Å². The molecule has 25 heavy (non-hydrogen) atoms. The van der Waals surface area contributed by atoms with Crippen molar-refractivity contribution in [3.63, 3.8) is 0 Å². The van der Waals surface area contributed by atoms with Crippen LogP contribution in [0.5, 0.6) is 5.75 Å². The third-order valence-electron chi connectivity index (χ3n) is 4.17. The molecule has 0 aliphatic rings. The third-order valence-corrected chi connectivity index (χ3v) is 4.17. The summed E-state index contributed by atoms with van der Waals surface area (Å²) in [5.74, 6) is 0.00220. The fourth-order valence-corrected chi connectivity index (χ4v) is 2.90. The molecule has 0 aliphatic heterocycles. The second-order valence-electron chi connectivity index (χ2n) is 5.75. The maximum absolute atomic E-state index is 12.4. The van der Waals surface area contributed by atoms with Crippen LogP contribution in [-0.4, -0.2) is 5.97 Å². The number of benzene rings is 4. The number of hydrogen-bond donors (Lipinski definition) is 0. The van der Waals surface area contributed by atoms with Crippen molar-refractivity contribution in [2.24, 2.45) is 0 Å². The van der Waals surface area contributed by atoms with Crippen LogP contribution in [0, 0.1) is 11.3 Å². The van der Waals surface area contributed by atoms with E-state index < -0.39 is 5.97 Å².